The van der Waals surface area contributed by atoms with E-state index in [1.54, 1.807) is 13.0 Å². The topological polar surface area (TPSA) is 69.4 Å². The molecule has 0 aliphatic rings. The Labute approximate surface area is 107 Å². The van der Waals surface area contributed by atoms with Crippen LogP contribution in [0.1, 0.15) is 18.9 Å². The molecular weight excluding hydrogens is 257 g/mol. The number of halogens is 1. The molecular formula is C12H18FNO3S. The van der Waals surface area contributed by atoms with Crippen molar-refractivity contribution in [1.29, 1.82) is 0 Å². The van der Waals surface area contributed by atoms with Crippen LogP contribution in [-0.2, 0) is 15.6 Å². The molecule has 6 heteroatoms. The molecule has 0 aliphatic carbocycles. The fourth-order valence-corrected chi connectivity index (χ4v) is 3.03. The van der Waals surface area contributed by atoms with Gasteiger partial charge < -0.3 is 10.5 Å². The molecule has 1 unspecified atom stereocenters. The van der Waals surface area contributed by atoms with E-state index in [1.165, 1.54) is 19.2 Å². The van der Waals surface area contributed by atoms with E-state index in [2.05, 4.69) is 0 Å². The SMILES string of the molecule is COc1ccc(CS(=O)(=O)CCC(C)N)c(F)c1. The maximum Gasteiger partial charge on any atom is 0.154 e. The summed E-state index contributed by atoms with van der Waals surface area (Å²) in [4.78, 5) is 0. The summed E-state index contributed by atoms with van der Waals surface area (Å²) in [6.07, 6.45) is 0.375. The summed E-state index contributed by atoms with van der Waals surface area (Å²) in [7, 11) is -1.91. The third kappa shape index (κ3) is 4.62. The van der Waals surface area contributed by atoms with Gasteiger partial charge in [-0.1, -0.05) is 6.07 Å². The zero-order valence-corrected chi connectivity index (χ0v) is 11.3. The molecule has 0 saturated heterocycles. The lowest BCUT2D eigenvalue weighted by Gasteiger charge is -2.08. The van der Waals surface area contributed by atoms with Crippen molar-refractivity contribution in [3.8, 4) is 5.75 Å². The molecule has 0 fully saturated rings. The zero-order chi connectivity index (χ0) is 13.8. The predicted octanol–water partition coefficient (Wildman–Crippen LogP) is 1.49. The number of sulfone groups is 1. The maximum atomic E-state index is 13.6. The minimum Gasteiger partial charge on any atom is -0.497 e. The number of hydrogen-bond acceptors (Lipinski definition) is 4. The summed E-state index contributed by atoms with van der Waals surface area (Å²) in [6.45, 7) is 1.74. The van der Waals surface area contributed by atoms with Gasteiger partial charge in [0.2, 0.25) is 0 Å². The Morgan fingerprint density at radius 2 is 2.11 bits per heavy atom. The molecule has 1 aromatic rings. The van der Waals surface area contributed by atoms with Crippen molar-refractivity contribution in [2.75, 3.05) is 12.9 Å². The molecule has 1 rings (SSSR count). The fourth-order valence-electron chi connectivity index (χ4n) is 1.45. The average Bonchev–Trinajstić information content (AvgIpc) is 2.29. The second-order valence-corrected chi connectivity index (χ2v) is 6.50. The molecule has 18 heavy (non-hydrogen) atoms. The van der Waals surface area contributed by atoms with Crippen LogP contribution < -0.4 is 10.5 Å². The van der Waals surface area contributed by atoms with Gasteiger partial charge in [-0.15, -0.1) is 0 Å². The summed E-state index contributed by atoms with van der Waals surface area (Å²) < 4.78 is 42.0. The Balaban J connectivity index is 2.78. The van der Waals surface area contributed by atoms with Gasteiger partial charge in [0.15, 0.2) is 9.84 Å². The van der Waals surface area contributed by atoms with Crippen LogP contribution >= 0.6 is 0 Å². The lowest BCUT2D eigenvalue weighted by Crippen LogP contribution is -2.21. The van der Waals surface area contributed by atoms with Gasteiger partial charge in [-0.2, -0.15) is 0 Å². The highest BCUT2D eigenvalue weighted by Gasteiger charge is 2.16. The second kappa shape index (κ2) is 6.15. The van der Waals surface area contributed by atoms with Crippen LogP contribution in [0.5, 0.6) is 5.75 Å². The van der Waals surface area contributed by atoms with Crippen molar-refractivity contribution >= 4 is 9.84 Å². The molecule has 1 aromatic carbocycles. The van der Waals surface area contributed by atoms with E-state index in [0.29, 0.717) is 12.2 Å². The summed E-state index contributed by atoms with van der Waals surface area (Å²) in [5.41, 5.74) is 5.66. The number of methoxy groups -OCH3 is 1. The first-order valence-corrected chi connectivity index (χ1v) is 7.44. The molecule has 1 atom stereocenters. The van der Waals surface area contributed by atoms with Crippen molar-refractivity contribution in [3.63, 3.8) is 0 Å². The van der Waals surface area contributed by atoms with E-state index < -0.39 is 15.7 Å². The monoisotopic (exact) mass is 275 g/mol. The first-order chi connectivity index (χ1) is 8.34. The van der Waals surface area contributed by atoms with Crippen LogP contribution in [0.4, 0.5) is 4.39 Å². The molecule has 0 amide bonds. The van der Waals surface area contributed by atoms with Gasteiger partial charge >= 0.3 is 0 Å². The molecule has 0 saturated carbocycles. The van der Waals surface area contributed by atoms with E-state index in [1.807, 2.05) is 0 Å². The molecule has 0 spiro atoms. The summed E-state index contributed by atoms with van der Waals surface area (Å²) in [6, 6.07) is 3.97. The van der Waals surface area contributed by atoms with Gasteiger partial charge in [-0.05, 0) is 19.4 Å². The molecule has 0 heterocycles. The van der Waals surface area contributed by atoms with Gasteiger partial charge in [0.1, 0.15) is 11.6 Å². The lowest BCUT2D eigenvalue weighted by atomic mass is 10.2. The van der Waals surface area contributed by atoms with E-state index in [4.69, 9.17) is 10.5 Å². The summed E-state index contributed by atoms with van der Waals surface area (Å²) in [5, 5.41) is 0. The Kier molecular flexibility index (Phi) is 5.10. The standard InChI is InChI=1S/C12H18FNO3S/c1-9(14)5-6-18(15,16)8-10-3-4-11(17-2)7-12(10)13/h3-4,7,9H,5-6,8,14H2,1-2H3. The number of nitrogens with two attached hydrogens (primary N) is 1. The highest BCUT2D eigenvalue weighted by Crippen LogP contribution is 2.18. The van der Waals surface area contributed by atoms with E-state index in [9.17, 15) is 12.8 Å². The Bertz CT molecular complexity index is 500. The minimum absolute atomic E-state index is 0.0316. The molecule has 0 radical (unpaired) electrons. The van der Waals surface area contributed by atoms with Crippen LogP contribution in [0.3, 0.4) is 0 Å². The van der Waals surface area contributed by atoms with Gasteiger partial charge in [0, 0.05) is 17.7 Å². The van der Waals surface area contributed by atoms with Crippen LogP contribution in [0.15, 0.2) is 18.2 Å². The van der Waals surface area contributed by atoms with E-state index in [-0.39, 0.29) is 23.1 Å². The van der Waals surface area contributed by atoms with Gasteiger partial charge in [0.05, 0.1) is 18.6 Å². The van der Waals surface area contributed by atoms with Gasteiger partial charge in [-0.25, -0.2) is 12.8 Å². The Hall–Kier alpha value is -1.14. The lowest BCUT2D eigenvalue weighted by molar-refractivity contribution is 0.411. The van der Waals surface area contributed by atoms with Gasteiger partial charge in [-0.3, -0.25) is 0 Å². The van der Waals surface area contributed by atoms with Crippen molar-refractivity contribution < 1.29 is 17.5 Å². The molecule has 0 aromatic heterocycles. The van der Waals surface area contributed by atoms with Gasteiger partial charge in [0.25, 0.3) is 0 Å². The van der Waals surface area contributed by atoms with Crippen LogP contribution in [0.2, 0.25) is 0 Å². The molecule has 102 valence electrons. The Morgan fingerprint density at radius 1 is 1.44 bits per heavy atom. The quantitative estimate of drug-likeness (QED) is 0.854. The van der Waals surface area contributed by atoms with E-state index in [0.717, 1.165) is 0 Å². The third-order valence-electron chi connectivity index (χ3n) is 2.52. The van der Waals surface area contributed by atoms with Crippen LogP contribution in [-0.4, -0.2) is 27.3 Å². The molecule has 4 nitrogen and oxygen atoms in total. The maximum absolute atomic E-state index is 13.6. The third-order valence-corrected chi connectivity index (χ3v) is 4.13. The van der Waals surface area contributed by atoms with Crippen molar-refractivity contribution in [1.82, 2.24) is 0 Å². The van der Waals surface area contributed by atoms with Crippen molar-refractivity contribution in [2.45, 2.75) is 25.1 Å². The average molecular weight is 275 g/mol. The first-order valence-electron chi connectivity index (χ1n) is 5.62. The molecule has 0 bridgehead atoms. The number of benzene rings is 1. The highest BCUT2D eigenvalue weighted by molar-refractivity contribution is 7.90. The minimum atomic E-state index is -3.33. The van der Waals surface area contributed by atoms with Crippen molar-refractivity contribution in [3.05, 3.63) is 29.6 Å². The van der Waals surface area contributed by atoms with Crippen LogP contribution in [0, 0.1) is 5.82 Å². The largest absolute Gasteiger partial charge is 0.497 e. The first kappa shape index (κ1) is 14.9. The van der Waals surface area contributed by atoms with Crippen molar-refractivity contribution in [2.24, 2.45) is 5.73 Å². The number of rotatable bonds is 6. The summed E-state index contributed by atoms with van der Waals surface area (Å²) >= 11 is 0. The molecule has 0 aliphatic heterocycles. The Morgan fingerprint density at radius 3 is 2.61 bits per heavy atom. The normalized spacial score (nSPS) is 13.3. The smallest absolute Gasteiger partial charge is 0.154 e. The number of hydrogen-bond donors (Lipinski definition) is 1. The fraction of sp³-hybridized carbons (Fsp3) is 0.500. The second-order valence-electron chi connectivity index (χ2n) is 4.32. The highest BCUT2D eigenvalue weighted by atomic mass is 32.2. The predicted molar refractivity (Wildman–Crippen MR) is 68.7 cm³/mol. The van der Waals surface area contributed by atoms with E-state index >= 15 is 0 Å². The molecule has 2 N–H and O–H groups in total. The van der Waals surface area contributed by atoms with Crippen LogP contribution in [0.25, 0.3) is 0 Å². The number of ether oxygens (including phenoxy) is 1. The summed E-state index contributed by atoms with van der Waals surface area (Å²) in [5.74, 6) is -0.547. The zero-order valence-electron chi connectivity index (χ0n) is 10.5.